The van der Waals surface area contributed by atoms with Crippen molar-refractivity contribution in [3.05, 3.63) is 21.3 Å². The van der Waals surface area contributed by atoms with Crippen LogP contribution in [0, 0.1) is 5.92 Å². The van der Waals surface area contributed by atoms with Crippen LogP contribution in [0.5, 0.6) is 0 Å². The van der Waals surface area contributed by atoms with Crippen LogP contribution >= 0.6 is 0 Å². The first-order valence-electron chi connectivity index (χ1n) is 7.39. The Morgan fingerprint density at radius 1 is 1.17 bits per heavy atom. The monoisotopic (exact) mass is 354 g/mol. The van der Waals surface area contributed by atoms with Crippen molar-refractivity contribution in [3.8, 4) is 0 Å². The molecule has 2 rings (SSSR count). The third kappa shape index (κ3) is 3.72. The van der Waals surface area contributed by atoms with E-state index in [2.05, 4.69) is 20.9 Å². The Balaban J connectivity index is 2.12. The molecule has 0 bridgehead atoms. The van der Waals surface area contributed by atoms with Gasteiger partial charge in [-0.05, 0) is 0 Å². The standard InChI is InChI=1S/C13H17O.3CH3.Sn/c14-13-8-6-12(7-9-13)10-11-4-2-1-3-5-11;;;;/h6,8,12H,1-4,7,9-10H2;3*1H3;. The van der Waals surface area contributed by atoms with E-state index in [-0.39, 0.29) is 0 Å². The predicted octanol–water partition coefficient (Wildman–Crippen LogP) is 4.66. The molecule has 0 N–H and O–H groups in total. The van der Waals surface area contributed by atoms with Gasteiger partial charge in [0.05, 0.1) is 0 Å². The zero-order chi connectivity index (χ0) is 13.2. The topological polar surface area (TPSA) is 17.1 Å². The third-order valence-corrected chi connectivity index (χ3v) is 11.2. The number of carbonyl (C=O) groups excluding carboxylic acids is 1. The van der Waals surface area contributed by atoms with Gasteiger partial charge < -0.3 is 0 Å². The number of ketones is 1. The summed E-state index contributed by atoms with van der Waals surface area (Å²) in [5.41, 5.74) is 1.79. The van der Waals surface area contributed by atoms with E-state index in [9.17, 15) is 4.79 Å². The molecule has 0 saturated heterocycles. The summed E-state index contributed by atoms with van der Waals surface area (Å²) >= 11 is -1.87. The zero-order valence-corrected chi connectivity index (χ0v) is 14.9. The maximum absolute atomic E-state index is 11.2. The number of allylic oxidation sites excluding steroid dienone is 4. The minimum absolute atomic E-state index is 0.319. The van der Waals surface area contributed by atoms with Gasteiger partial charge in [0.25, 0.3) is 0 Å². The average molecular weight is 353 g/mol. The summed E-state index contributed by atoms with van der Waals surface area (Å²) in [6, 6.07) is 0. The average Bonchev–Trinajstić information content (AvgIpc) is 2.31. The molecule has 1 nitrogen and oxygen atoms in total. The summed E-state index contributed by atoms with van der Waals surface area (Å²) in [6.45, 7) is 0. The normalized spacial score (nSPS) is 25.7. The van der Waals surface area contributed by atoms with E-state index in [4.69, 9.17) is 0 Å². The SMILES string of the molecule is [CH3][Sn]([CH3])([CH3])[C]1=C(CC2C=CC(=O)CC2)CCCC1. The van der Waals surface area contributed by atoms with Gasteiger partial charge in [0, 0.05) is 0 Å². The molecule has 0 aromatic heterocycles. The van der Waals surface area contributed by atoms with Gasteiger partial charge in [0.2, 0.25) is 0 Å². The second-order valence-corrected chi connectivity index (χ2v) is 21.4. The van der Waals surface area contributed by atoms with Crippen LogP contribution in [0.1, 0.15) is 44.9 Å². The van der Waals surface area contributed by atoms with Crippen molar-refractivity contribution < 1.29 is 4.79 Å². The Morgan fingerprint density at radius 3 is 2.50 bits per heavy atom. The van der Waals surface area contributed by atoms with Gasteiger partial charge in [0.1, 0.15) is 0 Å². The Kier molecular flexibility index (Phi) is 4.74. The van der Waals surface area contributed by atoms with Crippen molar-refractivity contribution in [2.24, 2.45) is 5.92 Å². The van der Waals surface area contributed by atoms with Crippen LogP contribution in [0.15, 0.2) is 21.3 Å². The fourth-order valence-corrected chi connectivity index (χ4v) is 9.66. The van der Waals surface area contributed by atoms with Crippen LogP contribution < -0.4 is 0 Å². The second-order valence-electron chi connectivity index (χ2n) is 6.87. The summed E-state index contributed by atoms with van der Waals surface area (Å²) in [6.07, 6.45) is 12.6. The van der Waals surface area contributed by atoms with Crippen molar-refractivity contribution in [3.63, 3.8) is 0 Å². The van der Waals surface area contributed by atoms with Crippen molar-refractivity contribution in [1.82, 2.24) is 0 Å². The van der Waals surface area contributed by atoms with Gasteiger partial charge in [-0.2, -0.15) is 0 Å². The van der Waals surface area contributed by atoms with E-state index >= 15 is 0 Å². The molecule has 0 aliphatic heterocycles. The molecule has 100 valence electrons. The number of hydrogen-bond donors (Lipinski definition) is 0. The molecular formula is C16H26OSn. The van der Waals surface area contributed by atoms with Gasteiger partial charge in [-0.1, -0.05) is 0 Å². The first-order valence-corrected chi connectivity index (χ1v) is 17.4. The molecule has 0 radical (unpaired) electrons. The Bertz CT molecular complexity index is 384. The summed E-state index contributed by atoms with van der Waals surface area (Å²) in [5.74, 6) is 0.957. The summed E-state index contributed by atoms with van der Waals surface area (Å²) in [5, 5.41) is 0. The molecule has 0 aromatic carbocycles. The summed E-state index contributed by atoms with van der Waals surface area (Å²) in [7, 11) is 0. The Hall–Kier alpha value is -0.0513. The van der Waals surface area contributed by atoms with Crippen LogP contribution in [-0.2, 0) is 4.79 Å². The first-order chi connectivity index (χ1) is 8.47. The maximum atomic E-state index is 11.2. The van der Waals surface area contributed by atoms with Crippen molar-refractivity contribution in [2.45, 2.75) is 59.8 Å². The molecule has 0 saturated carbocycles. The number of rotatable bonds is 3. The van der Waals surface area contributed by atoms with Crippen LogP contribution in [-0.4, -0.2) is 24.2 Å². The van der Waals surface area contributed by atoms with Crippen LogP contribution in [0.2, 0.25) is 14.8 Å². The van der Waals surface area contributed by atoms with Gasteiger partial charge in [-0.15, -0.1) is 0 Å². The van der Waals surface area contributed by atoms with E-state index in [1.165, 1.54) is 32.1 Å². The molecule has 0 spiro atoms. The fraction of sp³-hybridized carbons (Fsp3) is 0.688. The molecule has 0 amide bonds. The van der Waals surface area contributed by atoms with E-state index in [1.807, 2.05) is 9.67 Å². The Labute approximate surface area is 116 Å². The second kappa shape index (κ2) is 5.94. The number of carbonyl (C=O) groups is 1. The minimum atomic E-state index is -1.87. The van der Waals surface area contributed by atoms with Crippen molar-refractivity contribution in [1.29, 1.82) is 0 Å². The molecule has 0 aromatic rings. The first kappa shape index (κ1) is 14.4. The van der Waals surface area contributed by atoms with E-state index < -0.39 is 18.4 Å². The molecule has 2 aliphatic carbocycles. The molecule has 2 heteroatoms. The molecule has 1 unspecified atom stereocenters. The summed E-state index contributed by atoms with van der Waals surface area (Å²) < 4.78 is 1.90. The van der Waals surface area contributed by atoms with Gasteiger partial charge in [-0.25, -0.2) is 0 Å². The van der Waals surface area contributed by atoms with Crippen molar-refractivity contribution >= 4 is 24.2 Å². The van der Waals surface area contributed by atoms with Gasteiger partial charge >= 0.3 is 116 Å². The molecular weight excluding hydrogens is 327 g/mol. The Morgan fingerprint density at radius 2 is 1.89 bits per heavy atom. The molecule has 2 aliphatic rings. The molecule has 1 atom stereocenters. The quantitative estimate of drug-likeness (QED) is 0.675. The van der Waals surface area contributed by atoms with Crippen LogP contribution in [0.4, 0.5) is 0 Å². The van der Waals surface area contributed by atoms with E-state index in [1.54, 1.807) is 5.57 Å². The molecule has 18 heavy (non-hydrogen) atoms. The van der Waals surface area contributed by atoms with Crippen LogP contribution in [0.3, 0.4) is 0 Å². The van der Waals surface area contributed by atoms with Crippen molar-refractivity contribution in [2.75, 3.05) is 0 Å². The number of hydrogen-bond acceptors (Lipinski definition) is 1. The van der Waals surface area contributed by atoms with Gasteiger partial charge in [0.15, 0.2) is 0 Å². The van der Waals surface area contributed by atoms with Gasteiger partial charge in [-0.3, -0.25) is 0 Å². The molecule has 0 fully saturated rings. The third-order valence-electron chi connectivity index (χ3n) is 4.31. The molecule has 0 heterocycles. The fourth-order valence-electron chi connectivity index (χ4n) is 3.34. The predicted molar refractivity (Wildman–Crippen MR) is 80.3 cm³/mol. The van der Waals surface area contributed by atoms with E-state index in [0.29, 0.717) is 11.7 Å². The zero-order valence-electron chi connectivity index (χ0n) is 12.1. The van der Waals surface area contributed by atoms with E-state index in [0.717, 1.165) is 12.8 Å². The summed E-state index contributed by atoms with van der Waals surface area (Å²) in [4.78, 5) is 18.9. The van der Waals surface area contributed by atoms with Crippen LogP contribution in [0.25, 0.3) is 0 Å².